The van der Waals surface area contributed by atoms with Gasteiger partial charge in [0.25, 0.3) is 0 Å². The minimum atomic E-state index is -0.522. The van der Waals surface area contributed by atoms with Crippen LogP contribution in [-0.4, -0.2) is 21.8 Å². The monoisotopic (exact) mass is 278 g/mol. The summed E-state index contributed by atoms with van der Waals surface area (Å²) in [4.78, 5) is 15.7. The molecule has 0 unspecified atom stereocenters. The molecule has 1 heterocycles. The van der Waals surface area contributed by atoms with Crippen LogP contribution in [0.15, 0.2) is 30.6 Å². The fraction of sp³-hybridized carbons (Fsp3) is 0.467. The van der Waals surface area contributed by atoms with E-state index in [9.17, 15) is 4.79 Å². The second-order valence-electron chi connectivity index (χ2n) is 5.55. The van der Waals surface area contributed by atoms with Crippen molar-refractivity contribution in [2.24, 2.45) is 0 Å². The Labute approximate surface area is 119 Å². The number of hydrogen-bond acceptors (Lipinski definition) is 4. The summed E-state index contributed by atoms with van der Waals surface area (Å²) in [6.45, 7) is 9.20. The summed E-state index contributed by atoms with van der Waals surface area (Å²) in [5.41, 5.74) is 1.73. The summed E-state index contributed by atoms with van der Waals surface area (Å²) >= 11 is 0. The number of hydrogen-bond donors (Lipinski definition) is 2. The summed E-state index contributed by atoms with van der Waals surface area (Å²) in [7, 11) is 0. The second-order valence-corrected chi connectivity index (χ2v) is 5.55. The first-order valence-corrected chi connectivity index (χ1v) is 6.52. The second kappa shape index (κ2) is 7.05. The van der Waals surface area contributed by atoms with Gasteiger partial charge in [-0.2, -0.15) is 0 Å². The lowest BCUT2D eigenvalue weighted by Gasteiger charge is -2.20. The smallest absolute Gasteiger partial charge is 0.411 e. The highest BCUT2D eigenvalue weighted by Crippen LogP contribution is 2.09. The first kappa shape index (κ1) is 16.2. The zero-order valence-electron chi connectivity index (χ0n) is 12.3. The lowest BCUT2D eigenvalue weighted by atomic mass is 10.1. The number of nitrogens with zero attached hydrogens (tertiary/aromatic N) is 1. The van der Waals surface area contributed by atoms with Gasteiger partial charge in [-0.05, 0) is 45.2 Å². The normalized spacial score (nSPS) is 11.0. The number of aliphatic hydroxyl groups excluding tert-OH is 1. The van der Waals surface area contributed by atoms with Crippen LogP contribution >= 0.6 is 0 Å². The number of aliphatic hydroxyl groups is 1. The Balaban J connectivity index is 2.37. The zero-order valence-corrected chi connectivity index (χ0v) is 12.3. The van der Waals surface area contributed by atoms with Gasteiger partial charge < -0.3 is 9.84 Å². The third-order valence-electron chi connectivity index (χ3n) is 2.43. The van der Waals surface area contributed by atoms with E-state index in [-0.39, 0.29) is 6.61 Å². The number of carbonyl (C=O) groups excluding carboxylic acids is 1. The molecule has 0 saturated carbocycles. The van der Waals surface area contributed by atoms with Crippen molar-refractivity contribution in [1.82, 2.24) is 10.3 Å². The molecular formula is C15H22N2O3. The van der Waals surface area contributed by atoms with E-state index in [1.165, 1.54) is 0 Å². The number of carbonyl (C=O) groups is 1. The molecule has 0 spiro atoms. The van der Waals surface area contributed by atoms with Crippen LogP contribution in [0.1, 0.15) is 38.4 Å². The number of aromatic nitrogens is 1. The van der Waals surface area contributed by atoms with Gasteiger partial charge in [0.1, 0.15) is 5.60 Å². The average molecular weight is 278 g/mol. The van der Waals surface area contributed by atoms with Crippen molar-refractivity contribution >= 4 is 6.09 Å². The molecule has 0 fully saturated rings. The highest BCUT2D eigenvalue weighted by atomic mass is 16.6. The maximum atomic E-state index is 11.5. The van der Waals surface area contributed by atoms with Crippen LogP contribution < -0.4 is 5.32 Å². The van der Waals surface area contributed by atoms with Crippen LogP contribution in [0.2, 0.25) is 0 Å². The molecule has 0 aliphatic rings. The molecular weight excluding hydrogens is 256 g/mol. The first-order valence-electron chi connectivity index (χ1n) is 6.52. The highest BCUT2D eigenvalue weighted by Gasteiger charge is 2.16. The predicted octanol–water partition coefficient (Wildman–Crippen LogP) is 2.54. The summed E-state index contributed by atoms with van der Waals surface area (Å²) in [6.07, 6.45) is 2.40. The number of allylic oxidation sites excluding steroid dienone is 1. The quantitative estimate of drug-likeness (QED) is 0.868. The molecule has 2 N–H and O–H groups in total. The molecule has 0 saturated heterocycles. The number of aryl methyl sites for hydroxylation is 1. The van der Waals surface area contributed by atoms with Crippen molar-refractivity contribution in [2.75, 3.05) is 0 Å². The SMILES string of the molecule is C=C(CCc1ccc(CO)cn1)NC(=O)OC(C)(C)C. The molecule has 0 aliphatic heterocycles. The van der Waals surface area contributed by atoms with Crippen LogP contribution in [0.25, 0.3) is 0 Å². The number of nitrogens with one attached hydrogen (secondary N) is 1. The van der Waals surface area contributed by atoms with Crippen LogP contribution in [0.5, 0.6) is 0 Å². The van der Waals surface area contributed by atoms with Crippen molar-refractivity contribution in [1.29, 1.82) is 0 Å². The summed E-state index contributed by atoms with van der Waals surface area (Å²) < 4.78 is 5.14. The van der Waals surface area contributed by atoms with Crippen LogP contribution in [0.4, 0.5) is 4.79 Å². The molecule has 0 bridgehead atoms. The Morgan fingerprint density at radius 2 is 2.15 bits per heavy atom. The molecule has 1 aromatic rings. The Bertz CT molecular complexity index is 461. The minimum Gasteiger partial charge on any atom is -0.444 e. The number of amides is 1. The fourth-order valence-corrected chi connectivity index (χ4v) is 1.49. The summed E-state index contributed by atoms with van der Waals surface area (Å²) in [5, 5.41) is 11.5. The summed E-state index contributed by atoms with van der Waals surface area (Å²) in [6, 6.07) is 3.68. The Kier molecular flexibility index (Phi) is 5.70. The molecule has 1 aromatic heterocycles. The van der Waals surface area contributed by atoms with Gasteiger partial charge in [0.15, 0.2) is 0 Å². The third-order valence-corrected chi connectivity index (χ3v) is 2.43. The summed E-state index contributed by atoms with van der Waals surface area (Å²) in [5.74, 6) is 0. The standard InChI is InChI=1S/C15H22N2O3/c1-11(17-14(19)20-15(2,3)4)5-7-13-8-6-12(10-18)9-16-13/h6,8-9,18H,1,5,7,10H2,2-4H3,(H,17,19). The van der Waals surface area contributed by atoms with E-state index in [1.807, 2.05) is 32.9 Å². The van der Waals surface area contributed by atoms with Crippen molar-refractivity contribution < 1.29 is 14.6 Å². The lowest BCUT2D eigenvalue weighted by molar-refractivity contribution is 0.0544. The van der Waals surface area contributed by atoms with Crippen molar-refractivity contribution in [3.05, 3.63) is 41.9 Å². The molecule has 110 valence electrons. The molecule has 5 heteroatoms. The highest BCUT2D eigenvalue weighted by molar-refractivity contribution is 5.69. The molecule has 0 atom stereocenters. The van der Waals surface area contributed by atoms with Gasteiger partial charge in [0.2, 0.25) is 0 Å². The van der Waals surface area contributed by atoms with E-state index in [1.54, 1.807) is 6.20 Å². The number of pyridine rings is 1. The Morgan fingerprint density at radius 1 is 1.45 bits per heavy atom. The maximum absolute atomic E-state index is 11.5. The van der Waals surface area contributed by atoms with Gasteiger partial charge in [0, 0.05) is 17.6 Å². The predicted molar refractivity (Wildman–Crippen MR) is 77.0 cm³/mol. The first-order chi connectivity index (χ1) is 9.30. The van der Waals surface area contributed by atoms with Crippen LogP contribution in [0, 0.1) is 0 Å². The Hall–Kier alpha value is -1.88. The Morgan fingerprint density at radius 3 is 2.65 bits per heavy atom. The van der Waals surface area contributed by atoms with Gasteiger partial charge >= 0.3 is 6.09 Å². The topological polar surface area (TPSA) is 71.5 Å². The van der Waals surface area contributed by atoms with E-state index in [2.05, 4.69) is 16.9 Å². The van der Waals surface area contributed by atoms with Gasteiger partial charge in [-0.3, -0.25) is 10.3 Å². The van der Waals surface area contributed by atoms with E-state index >= 15 is 0 Å². The van der Waals surface area contributed by atoms with E-state index in [0.29, 0.717) is 18.5 Å². The van der Waals surface area contributed by atoms with Gasteiger partial charge in [0.05, 0.1) is 6.61 Å². The molecule has 0 aromatic carbocycles. The number of rotatable bonds is 5. The van der Waals surface area contributed by atoms with Crippen LogP contribution in [0.3, 0.4) is 0 Å². The molecule has 0 aliphatic carbocycles. The van der Waals surface area contributed by atoms with E-state index in [0.717, 1.165) is 11.3 Å². The molecule has 5 nitrogen and oxygen atoms in total. The van der Waals surface area contributed by atoms with E-state index < -0.39 is 11.7 Å². The van der Waals surface area contributed by atoms with Gasteiger partial charge in [-0.25, -0.2) is 4.79 Å². The number of ether oxygens (including phenoxy) is 1. The molecule has 1 rings (SSSR count). The third kappa shape index (κ3) is 6.33. The van der Waals surface area contributed by atoms with Gasteiger partial charge in [-0.15, -0.1) is 0 Å². The van der Waals surface area contributed by atoms with E-state index in [4.69, 9.17) is 9.84 Å². The minimum absolute atomic E-state index is 0.0137. The van der Waals surface area contributed by atoms with Crippen molar-refractivity contribution in [2.45, 2.75) is 45.8 Å². The maximum Gasteiger partial charge on any atom is 0.411 e. The molecule has 0 radical (unpaired) electrons. The number of alkyl carbamates (subject to hydrolysis) is 1. The average Bonchev–Trinajstić information content (AvgIpc) is 2.34. The largest absolute Gasteiger partial charge is 0.444 e. The van der Waals surface area contributed by atoms with Crippen molar-refractivity contribution in [3.8, 4) is 0 Å². The lowest BCUT2D eigenvalue weighted by Crippen LogP contribution is -2.31. The fourth-order valence-electron chi connectivity index (χ4n) is 1.49. The molecule has 20 heavy (non-hydrogen) atoms. The van der Waals surface area contributed by atoms with Gasteiger partial charge in [-0.1, -0.05) is 12.6 Å². The molecule has 1 amide bonds. The van der Waals surface area contributed by atoms with Crippen molar-refractivity contribution in [3.63, 3.8) is 0 Å². The van der Waals surface area contributed by atoms with Crippen LogP contribution in [-0.2, 0) is 17.8 Å². The zero-order chi connectivity index (χ0) is 15.2.